The Morgan fingerprint density at radius 1 is 1.35 bits per heavy atom. The fraction of sp³-hybridized carbons (Fsp3) is 0.867. The van der Waals surface area contributed by atoms with Crippen LogP contribution in [0, 0.1) is 11.8 Å². The molecule has 1 aliphatic heterocycles. The van der Waals surface area contributed by atoms with E-state index >= 15 is 0 Å². The zero-order valence-electron chi connectivity index (χ0n) is 13.1. The second-order valence-corrected chi connectivity index (χ2v) is 5.91. The second-order valence-electron chi connectivity index (χ2n) is 5.91. The molecule has 0 aliphatic carbocycles. The number of likely N-dealkylation sites (tertiary alicyclic amines) is 1. The molecule has 0 aromatic heterocycles. The third kappa shape index (κ3) is 3.87. The molecule has 0 saturated carbocycles. The van der Waals surface area contributed by atoms with Gasteiger partial charge in [-0.15, -0.1) is 0 Å². The molecule has 0 radical (unpaired) electrons. The summed E-state index contributed by atoms with van der Waals surface area (Å²) in [5, 5.41) is 9.17. The van der Waals surface area contributed by atoms with Gasteiger partial charge in [0.15, 0.2) is 0 Å². The Morgan fingerprint density at radius 2 is 2.00 bits per heavy atom. The van der Waals surface area contributed by atoms with Crippen LogP contribution in [-0.4, -0.2) is 52.6 Å². The van der Waals surface area contributed by atoms with Crippen molar-refractivity contribution >= 4 is 12.0 Å². The van der Waals surface area contributed by atoms with Gasteiger partial charge >= 0.3 is 12.0 Å². The monoisotopic (exact) mass is 284 g/mol. The lowest BCUT2D eigenvalue weighted by molar-refractivity contribution is -0.142. The van der Waals surface area contributed by atoms with E-state index in [1.807, 2.05) is 11.8 Å². The van der Waals surface area contributed by atoms with Crippen molar-refractivity contribution in [3.05, 3.63) is 0 Å². The first-order valence-electron chi connectivity index (χ1n) is 7.70. The number of amides is 2. The van der Waals surface area contributed by atoms with E-state index in [1.165, 1.54) is 0 Å². The van der Waals surface area contributed by atoms with E-state index in [2.05, 4.69) is 20.8 Å². The maximum absolute atomic E-state index is 12.6. The van der Waals surface area contributed by atoms with Crippen LogP contribution in [0.5, 0.6) is 0 Å². The lowest BCUT2D eigenvalue weighted by Gasteiger charge is -2.32. The summed E-state index contributed by atoms with van der Waals surface area (Å²) in [5.41, 5.74) is 0. The molecule has 116 valence electrons. The predicted octanol–water partition coefficient (Wildman–Crippen LogP) is 2.66. The molecule has 0 spiro atoms. The summed E-state index contributed by atoms with van der Waals surface area (Å²) in [6, 6.07) is 0.205. The number of nitrogens with zero attached hydrogens (tertiary/aromatic N) is 2. The van der Waals surface area contributed by atoms with Crippen molar-refractivity contribution in [1.29, 1.82) is 0 Å². The summed E-state index contributed by atoms with van der Waals surface area (Å²) in [5.74, 6) is -1.19. The van der Waals surface area contributed by atoms with E-state index in [1.54, 1.807) is 4.90 Å². The van der Waals surface area contributed by atoms with Crippen molar-refractivity contribution in [3.8, 4) is 0 Å². The molecule has 1 rings (SSSR count). The first-order chi connectivity index (χ1) is 9.42. The lowest BCUT2D eigenvalue weighted by atomic mass is 9.99. The maximum atomic E-state index is 12.6. The third-order valence-corrected chi connectivity index (χ3v) is 4.32. The van der Waals surface area contributed by atoms with Gasteiger partial charge in [-0.1, -0.05) is 27.2 Å². The van der Waals surface area contributed by atoms with E-state index in [0.717, 1.165) is 25.8 Å². The van der Waals surface area contributed by atoms with Gasteiger partial charge < -0.3 is 14.9 Å². The second kappa shape index (κ2) is 7.50. The molecule has 5 heteroatoms. The third-order valence-electron chi connectivity index (χ3n) is 4.32. The van der Waals surface area contributed by atoms with Crippen molar-refractivity contribution in [2.45, 2.75) is 53.0 Å². The van der Waals surface area contributed by atoms with Gasteiger partial charge in [0.05, 0.1) is 5.92 Å². The van der Waals surface area contributed by atoms with Gasteiger partial charge in [0.2, 0.25) is 0 Å². The summed E-state index contributed by atoms with van der Waals surface area (Å²) in [7, 11) is 0. The van der Waals surface area contributed by atoms with Crippen LogP contribution in [-0.2, 0) is 4.79 Å². The standard InChI is InChI=1S/C15H28N2O3/c1-5-7-8-17(12(4)6-2)15(20)16-9-11(3)13(10-16)14(18)19/h11-13H,5-10H2,1-4H3,(H,18,19). The van der Waals surface area contributed by atoms with Crippen molar-refractivity contribution < 1.29 is 14.7 Å². The van der Waals surface area contributed by atoms with Crippen LogP contribution in [0.2, 0.25) is 0 Å². The van der Waals surface area contributed by atoms with Crippen molar-refractivity contribution in [1.82, 2.24) is 9.80 Å². The quantitative estimate of drug-likeness (QED) is 0.815. The predicted molar refractivity (Wildman–Crippen MR) is 78.6 cm³/mol. The Morgan fingerprint density at radius 3 is 2.45 bits per heavy atom. The molecule has 0 bridgehead atoms. The largest absolute Gasteiger partial charge is 0.481 e. The molecular weight excluding hydrogens is 256 g/mol. The number of carboxylic acid groups (broad SMARTS) is 1. The minimum absolute atomic E-state index is 0.00315. The Bertz CT molecular complexity index is 346. The number of hydrogen-bond donors (Lipinski definition) is 1. The van der Waals surface area contributed by atoms with Gasteiger partial charge in [-0.25, -0.2) is 4.79 Å². The number of urea groups is 1. The Hall–Kier alpha value is -1.26. The van der Waals surface area contributed by atoms with Crippen LogP contribution >= 0.6 is 0 Å². The summed E-state index contributed by atoms with van der Waals surface area (Å²) in [4.78, 5) is 27.4. The molecule has 1 fully saturated rings. The fourth-order valence-corrected chi connectivity index (χ4v) is 2.68. The number of carbonyl (C=O) groups is 2. The highest BCUT2D eigenvalue weighted by Crippen LogP contribution is 2.25. The zero-order chi connectivity index (χ0) is 15.3. The first-order valence-corrected chi connectivity index (χ1v) is 7.70. The van der Waals surface area contributed by atoms with Gasteiger partial charge in [0, 0.05) is 25.7 Å². The first kappa shape index (κ1) is 16.8. The Balaban J connectivity index is 2.72. The molecule has 1 saturated heterocycles. The van der Waals surface area contributed by atoms with Crippen molar-refractivity contribution in [2.75, 3.05) is 19.6 Å². The van der Waals surface area contributed by atoms with Crippen LogP contribution in [0.25, 0.3) is 0 Å². The molecule has 0 aromatic rings. The Kier molecular flexibility index (Phi) is 6.30. The van der Waals surface area contributed by atoms with Gasteiger partial charge in [-0.2, -0.15) is 0 Å². The van der Waals surface area contributed by atoms with Gasteiger partial charge in [0.25, 0.3) is 0 Å². The molecule has 0 aromatic carbocycles. The minimum atomic E-state index is -0.795. The number of unbranched alkanes of at least 4 members (excludes halogenated alkanes) is 1. The van der Waals surface area contributed by atoms with Gasteiger partial charge in [-0.05, 0) is 25.7 Å². The summed E-state index contributed by atoms with van der Waals surface area (Å²) < 4.78 is 0. The van der Waals surface area contributed by atoms with E-state index < -0.39 is 11.9 Å². The van der Waals surface area contributed by atoms with Crippen molar-refractivity contribution in [2.24, 2.45) is 11.8 Å². The normalized spacial score (nSPS) is 23.7. The summed E-state index contributed by atoms with van der Waals surface area (Å²) in [6.07, 6.45) is 2.96. The molecule has 1 aliphatic rings. The highest BCUT2D eigenvalue weighted by atomic mass is 16.4. The fourth-order valence-electron chi connectivity index (χ4n) is 2.68. The molecule has 3 atom stereocenters. The van der Waals surface area contributed by atoms with E-state index in [4.69, 9.17) is 5.11 Å². The lowest BCUT2D eigenvalue weighted by Crippen LogP contribution is -2.47. The van der Waals surface area contributed by atoms with Crippen LogP contribution in [0.3, 0.4) is 0 Å². The average Bonchev–Trinajstić information content (AvgIpc) is 2.80. The molecule has 20 heavy (non-hydrogen) atoms. The molecule has 1 heterocycles. The Labute approximate surface area is 121 Å². The number of aliphatic carboxylic acids is 1. The van der Waals surface area contributed by atoms with Crippen LogP contribution in [0.1, 0.15) is 47.0 Å². The smallest absolute Gasteiger partial charge is 0.320 e. The van der Waals surface area contributed by atoms with E-state index in [0.29, 0.717) is 13.1 Å². The zero-order valence-corrected chi connectivity index (χ0v) is 13.1. The molecule has 5 nitrogen and oxygen atoms in total. The van der Waals surface area contributed by atoms with Gasteiger partial charge in [0.1, 0.15) is 0 Å². The van der Waals surface area contributed by atoms with Crippen LogP contribution < -0.4 is 0 Å². The van der Waals surface area contributed by atoms with E-state index in [9.17, 15) is 9.59 Å². The SMILES string of the molecule is CCCCN(C(=O)N1CC(C)C(C(=O)O)C1)C(C)CC. The summed E-state index contributed by atoms with van der Waals surface area (Å²) in [6.45, 7) is 9.80. The number of carboxylic acids is 1. The molecular formula is C15H28N2O3. The van der Waals surface area contributed by atoms with E-state index in [-0.39, 0.29) is 18.0 Å². The molecule has 3 unspecified atom stereocenters. The molecule has 1 N–H and O–H groups in total. The number of carbonyl (C=O) groups excluding carboxylic acids is 1. The van der Waals surface area contributed by atoms with Crippen LogP contribution in [0.15, 0.2) is 0 Å². The average molecular weight is 284 g/mol. The molecule has 2 amide bonds. The topological polar surface area (TPSA) is 60.9 Å². The van der Waals surface area contributed by atoms with Crippen molar-refractivity contribution in [3.63, 3.8) is 0 Å². The highest BCUT2D eigenvalue weighted by molar-refractivity contribution is 5.78. The number of hydrogen-bond acceptors (Lipinski definition) is 2. The van der Waals surface area contributed by atoms with Gasteiger partial charge in [-0.3, -0.25) is 4.79 Å². The summed E-state index contributed by atoms with van der Waals surface area (Å²) >= 11 is 0. The van der Waals surface area contributed by atoms with Crippen LogP contribution in [0.4, 0.5) is 4.79 Å². The maximum Gasteiger partial charge on any atom is 0.320 e. The minimum Gasteiger partial charge on any atom is -0.481 e. The highest BCUT2D eigenvalue weighted by Gasteiger charge is 2.38. The number of rotatable bonds is 6.